The van der Waals surface area contributed by atoms with Crippen molar-refractivity contribution in [2.45, 2.75) is 0 Å². The first-order valence-electron chi connectivity index (χ1n) is 0.999. The van der Waals surface area contributed by atoms with Gasteiger partial charge in [-0.2, -0.15) is 0 Å². The number of hydrogen-bond donors (Lipinski definition) is 0. The van der Waals surface area contributed by atoms with Gasteiger partial charge in [0, 0.05) is 0 Å². The minimum Gasteiger partial charge on any atom is -0.267 e. The molecule has 0 bridgehead atoms. The first kappa shape index (κ1) is 5.46. The molecule has 0 aromatic heterocycles. The molecule has 1 atom stereocenters. The maximum Gasteiger partial charge on any atom is 0.217 e. The summed E-state index contributed by atoms with van der Waals surface area (Å²) in [5.74, 6) is 0. The second-order valence-corrected chi connectivity index (χ2v) is 3.72. The highest BCUT2D eigenvalue weighted by molar-refractivity contribution is 8.13. The fourth-order valence-corrected chi connectivity index (χ4v) is 0. The zero-order chi connectivity index (χ0) is 4.28. The molecule has 0 spiro atoms. The first-order valence-corrected chi connectivity index (χ1v) is 4.20. The second kappa shape index (κ2) is 2.68. The highest BCUT2D eigenvalue weighted by Crippen LogP contribution is 2.45. The van der Waals surface area contributed by atoms with Gasteiger partial charge in [0.2, 0.25) is 8.15 Å². The van der Waals surface area contributed by atoms with E-state index in [0.29, 0.717) is 0 Å². The van der Waals surface area contributed by atoms with Gasteiger partial charge in [-0.05, 0) is 6.66 Å². The Morgan fingerprint density at radius 1 is 2.00 bits per heavy atom. The third kappa shape index (κ3) is 4.46. The van der Waals surface area contributed by atoms with Crippen LogP contribution in [0.25, 0.3) is 0 Å². The van der Waals surface area contributed by atoms with Crippen molar-refractivity contribution < 1.29 is 8.76 Å². The number of rotatable bonds is 1. The number of hydrogen-bond acceptors (Lipinski definition) is 1. The largest absolute Gasteiger partial charge is 0.267 e. The van der Waals surface area contributed by atoms with Crippen LogP contribution < -0.4 is 0 Å². The van der Waals surface area contributed by atoms with Crippen LogP contribution in [0.4, 0.5) is 4.20 Å². The first-order chi connectivity index (χ1) is 2.27. The zero-order valence-electron chi connectivity index (χ0n) is 2.68. The average molecular weight is 112 g/mol. The van der Waals surface area contributed by atoms with E-state index in [1.165, 1.54) is 6.66 Å². The highest BCUT2D eigenvalue weighted by atomic mass is 32.1. The summed E-state index contributed by atoms with van der Waals surface area (Å²) in [7, 11) is -2.04. The Labute approximate surface area is 32.5 Å². The molecule has 0 N–H and O–H groups in total. The minimum absolute atomic E-state index is 0.355. The van der Waals surface area contributed by atoms with Crippen LogP contribution in [0.5, 0.6) is 0 Å². The van der Waals surface area contributed by atoms with Gasteiger partial charge >= 0.3 is 0 Å². The lowest BCUT2D eigenvalue weighted by atomic mass is 12.0. The molecule has 0 aromatic rings. The lowest BCUT2D eigenvalue weighted by Crippen LogP contribution is -1.26. The summed E-state index contributed by atoms with van der Waals surface area (Å²) in [6, 6.07) is 0. The summed E-state index contributed by atoms with van der Waals surface area (Å²) in [5, 5.41) is 0. The molecule has 0 aliphatic heterocycles. The van der Waals surface area contributed by atoms with Gasteiger partial charge in [-0.1, -0.05) is 0 Å². The van der Waals surface area contributed by atoms with Crippen LogP contribution in [0.15, 0.2) is 0 Å². The van der Waals surface area contributed by atoms with E-state index in [1.807, 2.05) is 0 Å². The van der Waals surface area contributed by atoms with Gasteiger partial charge in [-0.3, -0.25) is 4.57 Å². The normalized spacial score (nSPS) is 15.6. The Morgan fingerprint density at radius 3 is 2.20 bits per heavy atom. The molecule has 1 unspecified atom stereocenters. The van der Waals surface area contributed by atoms with E-state index < -0.39 is 7.92 Å². The molecule has 0 aromatic carbocycles. The molecule has 0 aliphatic rings. The van der Waals surface area contributed by atoms with Crippen LogP contribution in [0, 0.1) is 0 Å². The van der Waals surface area contributed by atoms with Crippen molar-refractivity contribution in [1.82, 2.24) is 0 Å². The van der Waals surface area contributed by atoms with Crippen LogP contribution in [0.3, 0.4) is 0 Å². The summed E-state index contributed by atoms with van der Waals surface area (Å²) in [6.45, 7) is 1.30. The minimum atomic E-state index is -1.68. The van der Waals surface area contributed by atoms with Crippen molar-refractivity contribution >= 4 is 16.1 Å². The number of halogens is 1. The molecule has 0 fully saturated rings. The van der Waals surface area contributed by atoms with E-state index in [4.69, 9.17) is 0 Å². The van der Waals surface area contributed by atoms with Gasteiger partial charge in [0.05, 0.1) is 0 Å². The Kier molecular flexibility index (Phi) is 2.93. The molecule has 0 radical (unpaired) electrons. The summed E-state index contributed by atoms with van der Waals surface area (Å²) in [6.07, 6.45) is 0. The van der Waals surface area contributed by atoms with Gasteiger partial charge in [0.25, 0.3) is 0 Å². The standard InChI is InChI=1S/CH3FOP2/c1-5(2)4-3/h1H3. The summed E-state index contributed by atoms with van der Waals surface area (Å²) >= 11 is 0. The van der Waals surface area contributed by atoms with E-state index in [9.17, 15) is 8.76 Å². The van der Waals surface area contributed by atoms with Gasteiger partial charge < -0.3 is 0 Å². The van der Waals surface area contributed by atoms with Crippen LogP contribution >= 0.6 is 16.1 Å². The molecule has 1 nitrogen and oxygen atoms in total. The van der Waals surface area contributed by atoms with Crippen LogP contribution in [0.2, 0.25) is 0 Å². The molecular weight excluding hydrogens is 109 g/mol. The third-order valence-corrected chi connectivity index (χ3v) is 1.01. The van der Waals surface area contributed by atoms with Crippen molar-refractivity contribution in [2.75, 3.05) is 6.66 Å². The van der Waals surface area contributed by atoms with E-state index in [0.717, 1.165) is 0 Å². The summed E-state index contributed by atoms with van der Waals surface area (Å²) in [5.41, 5.74) is 0. The molecule has 0 amide bonds. The van der Waals surface area contributed by atoms with Gasteiger partial charge in [0.15, 0.2) is 7.92 Å². The average Bonchev–Trinajstić information content (AvgIpc) is 1.38. The highest BCUT2D eigenvalue weighted by Gasteiger charge is 1.88. The Bertz CT molecular complexity index is 36.6. The molecule has 0 saturated heterocycles. The van der Waals surface area contributed by atoms with Crippen molar-refractivity contribution in [1.29, 1.82) is 0 Å². The third-order valence-electron chi connectivity index (χ3n) is 0.113. The molecule has 0 rings (SSSR count). The molecule has 5 heavy (non-hydrogen) atoms. The van der Waals surface area contributed by atoms with E-state index in [1.54, 1.807) is 0 Å². The fraction of sp³-hybridized carbons (Fsp3) is 1.00. The van der Waals surface area contributed by atoms with Crippen molar-refractivity contribution in [2.24, 2.45) is 0 Å². The molecular formula is CH3FOP2. The molecule has 4 heteroatoms. The topological polar surface area (TPSA) is 17.1 Å². The molecule has 0 aliphatic carbocycles. The van der Waals surface area contributed by atoms with E-state index in [-0.39, 0.29) is 8.15 Å². The molecule has 30 valence electrons. The second-order valence-electron chi connectivity index (χ2n) is 0.526. The molecule has 0 heterocycles. The van der Waals surface area contributed by atoms with E-state index in [2.05, 4.69) is 0 Å². The van der Waals surface area contributed by atoms with Crippen LogP contribution in [-0.2, 0) is 4.57 Å². The molecule has 0 saturated carbocycles. The SMILES string of the molecule is CP(F)P=O. The monoisotopic (exact) mass is 112 g/mol. The van der Waals surface area contributed by atoms with Crippen molar-refractivity contribution in [3.63, 3.8) is 0 Å². The van der Waals surface area contributed by atoms with Crippen molar-refractivity contribution in [3.8, 4) is 0 Å². The summed E-state index contributed by atoms with van der Waals surface area (Å²) in [4.78, 5) is 0. The van der Waals surface area contributed by atoms with E-state index >= 15 is 0 Å². The zero-order valence-corrected chi connectivity index (χ0v) is 4.47. The van der Waals surface area contributed by atoms with Gasteiger partial charge in [-0.15, -0.1) is 0 Å². The fourth-order valence-electron chi connectivity index (χ4n) is 0. The lowest BCUT2D eigenvalue weighted by Gasteiger charge is -1.71. The van der Waals surface area contributed by atoms with Gasteiger partial charge in [-0.25, -0.2) is 4.20 Å². The maximum absolute atomic E-state index is 11.2. The van der Waals surface area contributed by atoms with Crippen LogP contribution in [-0.4, -0.2) is 6.66 Å². The Morgan fingerprint density at radius 2 is 2.20 bits per heavy atom. The van der Waals surface area contributed by atoms with Crippen molar-refractivity contribution in [3.05, 3.63) is 0 Å². The van der Waals surface area contributed by atoms with Crippen LogP contribution in [0.1, 0.15) is 0 Å². The van der Waals surface area contributed by atoms with Gasteiger partial charge in [0.1, 0.15) is 0 Å². The predicted octanol–water partition coefficient (Wildman–Crippen LogP) is 2.19. The smallest absolute Gasteiger partial charge is 0.217 e. The summed E-state index contributed by atoms with van der Waals surface area (Å²) < 4.78 is 20.4. The lowest BCUT2D eigenvalue weighted by molar-refractivity contribution is 0.604. The quantitative estimate of drug-likeness (QED) is 0.475. The predicted molar refractivity (Wildman–Crippen MR) is 21.6 cm³/mol. The Hall–Kier alpha value is 0.460. The maximum atomic E-state index is 11.2. The Balaban J connectivity index is 2.83.